The second kappa shape index (κ2) is 2.41. The number of para-hydroxylation sites is 1. The Kier molecular flexibility index (Phi) is 1.40. The van der Waals surface area contributed by atoms with Crippen LogP contribution in [0.2, 0.25) is 0 Å². The lowest BCUT2D eigenvalue weighted by Crippen LogP contribution is -1.85. The van der Waals surface area contributed by atoms with Crippen molar-refractivity contribution in [2.45, 2.75) is 0 Å². The summed E-state index contributed by atoms with van der Waals surface area (Å²) in [5.41, 5.74) is 1.00. The molecule has 1 heterocycles. The van der Waals surface area contributed by atoms with E-state index in [-0.39, 0.29) is 5.75 Å². The molecule has 4 heteroatoms. The van der Waals surface area contributed by atoms with Gasteiger partial charge in [0.15, 0.2) is 11.3 Å². The van der Waals surface area contributed by atoms with Crippen LogP contribution in [0.3, 0.4) is 0 Å². The van der Waals surface area contributed by atoms with Crippen LogP contribution < -0.4 is 10.5 Å². The normalized spacial score (nSPS) is 10.4. The minimum Gasteiger partial charge on any atom is -0.493 e. The molecule has 0 aliphatic rings. The third-order valence-electron chi connectivity index (χ3n) is 1.56. The topological polar surface area (TPSA) is 59.4 Å². The maximum atomic E-state index is 7.11. The Bertz CT molecular complexity index is 455. The minimum atomic E-state index is -0.213. The molecule has 0 fully saturated rings. The molecule has 2 aromatic rings. The number of methoxy groups -OCH3 is 1. The lowest BCUT2D eigenvalue weighted by atomic mass is 10.3. The monoisotopic (exact) mass is 165 g/mol. The second-order valence-electron chi connectivity index (χ2n) is 2.28. The highest BCUT2D eigenvalue weighted by molar-refractivity contribution is 5.76. The molecule has 0 saturated heterocycles. The highest BCUT2D eigenvalue weighted by Gasteiger charge is 2.06. The summed E-state index contributed by atoms with van der Waals surface area (Å²) >= 11 is 0. The third-order valence-corrected chi connectivity index (χ3v) is 1.56. The smallest absolute Gasteiger partial charge is 0.392 e. The molecule has 0 spiro atoms. The molecule has 1 aromatic carbocycles. The molecule has 0 amide bonds. The van der Waals surface area contributed by atoms with Gasteiger partial charge < -0.3 is 13.6 Å². The first-order chi connectivity index (χ1) is 5.81. The van der Waals surface area contributed by atoms with Gasteiger partial charge in [-0.25, -0.2) is 5.41 Å². The summed E-state index contributed by atoms with van der Waals surface area (Å²) in [6.07, 6.45) is 0. The first kappa shape index (κ1) is 6.97. The van der Waals surface area contributed by atoms with Gasteiger partial charge in [0.05, 0.1) is 7.11 Å². The molecule has 0 radical (unpaired) electrons. The van der Waals surface area contributed by atoms with Gasteiger partial charge in [-0.1, -0.05) is 6.07 Å². The number of hydrogen-bond acceptors (Lipinski definition) is 4. The van der Waals surface area contributed by atoms with Crippen LogP contribution in [0.1, 0.15) is 0 Å². The van der Waals surface area contributed by atoms with Gasteiger partial charge >= 0.3 is 5.75 Å². The highest BCUT2D eigenvalue weighted by Crippen LogP contribution is 2.23. The van der Waals surface area contributed by atoms with Crippen LogP contribution in [0.15, 0.2) is 27.0 Å². The fourth-order valence-electron chi connectivity index (χ4n) is 1.05. The maximum absolute atomic E-state index is 7.11. The quantitative estimate of drug-likeness (QED) is 0.696. The van der Waals surface area contributed by atoms with Gasteiger partial charge in [0.25, 0.3) is 0 Å². The largest absolute Gasteiger partial charge is 0.493 e. The SMILES string of the molecule is COc1cccc2oc(=N)oc12. The molecule has 0 atom stereocenters. The van der Waals surface area contributed by atoms with Crippen molar-refractivity contribution >= 4 is 11.2 Å². The Morgan fingerprint density at radius 1 is 1.33 bits per heavy atom. The molecule has 0 aliphatic carbocycles. The molecule has 0 unspecified atom stereocenters. The number of fused-ring (bicyclic) bond motifs is 1. The van der Waals surface area contributed by atoms with E-state index in [0.717, 1.165) is 0 Å². The summed E-state index contributed by atoms with van der Waals surface area (Å²) in [6.45, 7) is 0. The lowest BCUT2D eigenvalue weighted by molar-refractivity contribution is 0.367. The zero-order valence-corrected chi connectivity index (χ0v) is 6.46. The molecule has 4 nitrogen and oxygen atoms in total. The van der Waals surface area contributed by atoms with E-state index in [1.165, 1.54) is 0 Å². The van der Waals surface area contributed by atoms with E-state index in [0.29, 0.717) is 16.9 Å². The van der Waals surface area contributed by atoms with Gasteiger partial charge in [0, 0.05) is 0 Å². The number of hydrogen-bond donors (Lipinski definition) is 1. The highest BCUT2D eigenvalue weighted by atomic mass is 16.5. The lowest BCUT2D eigenvalue weighted by Gasteiger charge is -1.95. The Morgan fingerprint density at radius 2 is 2.17 bits per heavy atom. The van der Waals surface area contributed by atoms with Crippen LogP contribution in [-0.4, -0.2) is 7.11 Å². The molecular weight excluding hydrogens is 158 g/mol. The van der Waals surface area contributed by atoms with Crippen molar-refractivity contribution in [1.29, 1.82) is 5.41 Å². The Labute approximate surface area is 67.9 Å². The molecule has 62 valence electrons. The Morgan fingerprint density at radius 3 is 2.92 bits per heavy atom. The van der Waals surface area contributed by atoms with E-state index in [1.54, 1.807) is 25.3 Å². The van der Waals surface area contributed by atoms with Gasteiger partial charge in [0.1, 0.15) is 0 Å². The van der Waals surface area contributed by atoms with E-state index < -0.39 is 0 Å². The first-order valence-electron chi connectivity index (χ1n) is 3.42. The van der Waals surface area contributed by atoms with Crippen molar-refractivity contribution in [3.8, 4) is 5.75 Å². The van der Waals surface area contributed by atoms with Crippen molar-refractivity contribution in [2.24, 2.45) is 0 Å². The summed E-state index contributed by atoms with van der Waals surface area (Å²) in [5, 5.41) is 7.11. The molecule has 0 bridgehead atoms. The average Bonchev–Trinajstić information content (AvgIpc) is 2.44. The van der Waals surface area contributed by atoms with Crippen LogP contribution in [0.5, 0.6) is 5.75 Å². The minimum absolute atomic E-state index is 0.213. The standard InChI is InChI=1S/C8H7NO3/c1-10-5-3-2-4-6-7(5)12-8(9)11-6/h2-4,9H,1H3. The van der Waals surface area contributed by atoms with Gasteiger partial charge in [-0.2, -0.15) is 0 Å². The maximum Gasteiger partial charge on any atom is 0.392 e. The van der Waals surface area contributed by atoms with E-state index in [2.05, 4.69) is 0 Å². The predicted molar refractivity (Wildman–Crippen MR) is 40.9 cm³/mol. The van der Waals surface area contributed by atoms with E-state index in [1.807, 2.05) is 0 Å². The van der Waals surface area contributed by atoms with E-state index >= 15 is 0 Å². The zero-order chi connectivity index (χ0) is 8.55. The molecule has 2 rings (SSSR count). The summed E-state index contributed by atoms with van der Waals surface area (Å²) < 4.78 is 14.9. The second-order valence-corrected chi connectivity index (χ2v) is 2.28. The molecule has 0 aliphatic heterocycles. The average molecular weight is 165 g/mol. The van der Waals surface area contributed by atoms with Crippen LogP contribution >= 0.6 is 0 Å². The number of benzene rings is 1. The molecule has 1 aromatic heterocycles. The van der Waals surface area contributed by atoms with Crippen molar-refractivity contribution in [1.82, 2.24) is 0 Å². The fourth-order valence-corrected chi connectivity index (χ4v) is 1.05. The zero-order valence-electron chi connectivity index (χ0n) is 6.46. The van der Waals surface area contributed by atoms with Crippen LogP contribution in [-0.2, 0) is 0 Å². The van der Waals surface area contributed by atoms with Crippen LogP contribution in [0.25, 0.3) is 11.2 Å². The summed E-state index contributed by atoms with van der Waals surface area (Å²) in [4.78, 5) is 0. The van der Waals surface area contributed by atoms with Gasteiger partial charge in [-0.3, -0.25) is 0 Å². The molecular formula is C8H7NO3. The third kappa shape index (κ3) is 0.887. The summed E-state index contributed by atoms with van der Waals surface area (Å²) in [7, 11) is 1.54. The van der Waals surface area contributed by atoms with Gasteiger partial charge in [-0.05, 0) is 12.1 Å². The van der Waals surface area contributed by atoms with Crippen molar-refractivity contribution < 1.29 is 13.6 Å². The first-order valence-corrected chi connectivity index (χ1v) is 3.42. The molecule has 1 N–H and O–H groups in total. The van der Waals surface area contributed by atoms with Crippen LogP contribution in [0.4, 0.5) is 0 Å². The Hall–Kier alpha value is -1.71. The van der Waals surface area contributed by atoms with Gasteiger partial charge in [0.2, 0.25) is 5.58 Å². The number of nitrogens with one attached hydrogen (secondary N) is 1. The predicted octanol–water partition coefficient (Wildman–Crippen LogP) is 1.51. The molecule has 12 heavy (non-hydrogen) atoms. The van der Waals surface area contributed by atoms with Gasteiger partial charge in [-0.15, -0.1) is 0 Å². The number of rotatable bonds is 1. The van der Waals surface area contributed by atoms with E-state index in [4.69, 9.17) is 19.0 Å². The molecule has 0 saturated carbocycles. The van der Waals surface area contributed by atoms with Crippen LogP contribution in [0, 0.1) is 5.41 Å². The number of ether oxygens (including phenoxy) is 1. The van der Waals surface area contributed by atoms with Crippen molar-refractivity contribution in [3.05, 3.63) is 23.9 Å². The summed E-state index contributed by atoms with van der Waals surface area (Å²) in [5.74, 6) is 0.365. The van der Waals surface area contributed by atoms with Crippen molar-refractivity contribution in [3.63, 3.8) is 0 Å². The fraction of sp³-hybridized carbons (Fsp3) is 0.125. The Balaban J connectivity index is 2.87. The van der Waals surface area contributed by atoms with Crippen molar-refractivity contribution in [2.75, 3.05) is 7.11 Å². The van der Waals surface area contributed by atoms with E-state index in [9.17, 15) is 0 Å². The summed E-state index contributed by atoms with van der Waals surface area (Å²) in [6, 6.07) is 5.25.